The quantitative estimate of drug-likeness (QED) is 0.0807. The highest BCUT2D eigenvalue weighted by atomic mass is 19.4. The SMILES string of the molecule is CCCCCCCCCCCOC(=O)C=Cc1ccc(OC(=O)c2ccc(OCCCC(F)(F)F)cc2)cc1. The molecule has 0 aliphatic rings. The second-order valence-corrected chi connectivity index (χ2v) is 9.38. The van der Waals surface area contributed by atoms with Crippen molar-refractivity contribution < 1.29 is 37.0 Å². The van der Waals surface area contributed by atoms with Crippen LogP contribution in [0.5, 0.6) is 11.5 Å². The van der Waals surface area contributed by atoms with Crippen molar-refractivity contribution in [3.63, 3.8) is 0 Å². The normalized spacial score (nSPS) is 11.5. The Morgan fingerprint density at radius 1 is 0.744 bits per heavy atom. The van der Waals surface area contributed by atoms with Crippen LogP contribution < -0.4 is 9.47 Å². The smallest absolute Gasteiger partial charge is 0.389 e. The molecule has 0 aromatic heterocycles. The number of rotatable bonds is 18. The first kappa shape index (κ1) is 31.9. The van der Waals surface area contributed by atoms with Gasteiger partial charge < -0.3 is 14.2 Å². The summed E-state index contributed by atoms with van der Waals surface area (Å²) < 4.78 is 52.4. The van der Waals surface area contributed by atoms with Crippen LogP contribution >= 0.6 is 0 Å². The molecule has 0 radical (unpaired) electrons. The molecule has 0 atom stereocenters. The van der Waals surface area contributed by atoms with E-state index in [2.05, 4.69) is 6.92 Å². The number of benzene rings is 2. The van der Waals surface area contributed by atoms with Gasteiger partial charge in [-0.25, -0.2) is 9.59 Å². The van der Waals surface area contributed by atoms with Gasteiger partial charge in [0.15, 0.2) is 0 Å². The standard InChI is InChI=1S/C31H39F3O5/c1-2-3-4-5-6-7-8-9-10-23-38-29(35)21-14-25-12-17-28(18-13-25)39-30(36)26-15-19-27(20-16-26)37-24-11-22-31(32,33)34/h12-21H,2-11,22-24H2,1H3. The van der Waals surface area contributed by atoms with Gasteiger partial charge in [-0.15, -0.1) is 0 Å². The van der Waals surface area contributed by atoms with Crippen molar-refractivity contribution >= 4 is 18.0 Å². The molecule has 0 saturated heterocycles. The van der Waals surface area contributed by atoms with Crippen LogP contribution in [0, 0.1) is 0 Å². The Bertz CT molecular complexity index is 998. The van der Waals surface area contributed by atoms with Crippen molar-refractivity contribution in [3.8, 4) is 11.5 Å². The Hall–Kier alpha value is -3.29. The van der Waals surface area contributed by atoms with Gasteiger partial charge in [0.25, 0.3) is 0 Å². The molecule has 8 heteroatoms. The zero-order chi connectivity index (χ0) is 28.3. The summed E-state index contributed by atoms with van der Waals surface area (Å²) in [5.41, 5.74) is 1.03. The lowest BCUT2D eigenvalue weighted by Crippen LogP contribution is -2.10. The Morgan fingerprint density at radius 3 is 1.95 bits per heavy atom. The van der Waals surface area contributed by atoms with Crippen LogP contribution in [0.4, 0.5) is 13.2 Å². The third-order valence-electron chi connectivity index (χ3n) is 5.96. The summed E-state index contributed by atoms with van der Waals surface area (Å²) in [4.78, 5) is 24.3. The third kappa shape index (κ3) is 15.0. The van der Waals surface area contributed by atoms with E-state index in [9.17, 15) is 22.8 Å². The van der Waals surface area contributed by atoms with Gasteiger partial charge in [0.1, 0.15) is 11.5 Å². The van der Waals surface area contributed by atoms with Crippen molar-refractivity contribution in [3.05, 3.63) is 65.7 Å². The molecule has 214 valence electrons. The van der Waals surface area contributed by atoms with Crippen LogP contribution in [0.25, 0.3) is 6.08 Å². The molecule has 2 rings (SSSR count). The summed E-state index contributed by atoms with van der Waals surface area (Å²) in [6.07, 6.45) is 8.59. The average molecular weight is 549 g/mol. The Balaban J connectivity index is 1.65. The summed E-state index contributed by atoms with van der Waals surface area (Å²) in [6.45, 7) is 2.56. The molecule has 2 aromatic carbocycles. The zero-order valence-corrected chi connectivity index (χ0v) is 22.6. The van der Waals surface area contributed by atoms with E-state index in [-0.39, 0.29) is 18.6 Å². The molecule has 0 fully saturated rings. The van der Waals surface area contributed by atoms with E-state index in [0.717, 1.165) is 18.4 Å². The van der Waals surface area contributed by atoms with Gasteiger partial charge in [0, 0.05) is 12.5 Å². The number of ether oxygens (including phenoxy) is 3. The maximum Gasteiger partial charge on any atom is 0.389 e. The van der Waals surface area contributed by atoms with Crippen LogP contribution in [-0.2, 0) is 9.53 Å². The molecule has 0 unspecified atom stereocenters. The first-order valence-corrected chi connectivity index (χ1v) is 13.7. The highest BCUT2D eigenvalue weighted by Gasteiger charge is 2.26. The predicted octanol–water partition coefficient (Wildman–Crippen LogP) is 8.71. The molecule has 0 bridgehead atoms. The maximum absolute atomic E-state index is 12.4. The fourth-order valence-corrected chi connectivity index (χ4v) is 3.76. The van der Waals surface area contributed by atoms with Crippen molar-refractivity contribution in [1.29, 1.82) is 0 Å². The third-order valence-corrected chi connectivity index (χ3v) is 5.96. The molecule has 39 heavy (non-hydrogen) atoms. The van der Waals surface area contributed by atoms with Crippen LogP contribution in [0.1, 0.15) is 93.5 Å². The van der Waals surface area contributed by atoms with Gasteiger partial charge in [-0.2, -0.15) is 13.2 Å². The average Bonchev–Trinajstić information content (AvgIpc) is 2.91. The van der Waals surface area contributed by atoms with E-state index in [1.807, 2.05) is 0 Å². The molecule has 0 spiro atoms. The molecule has 0 aliphatic heterocycles. The first-order valence-electron chi connectivity index (χ1n) is 13.7. The highest BCUT2D eigenvalue weighted by molar-refractivity contribution is 5.91. The van der Waals surface area contributed by atoms with Gasteiger partial charge in [0.2, 0.25) is 0 Å². The van der Waals surface area contributed by atoms with Gasteiger partial charge >= 0.3 is 18.1 Å². The Morgan fingerprint density at radius 2 is 1.33 bits per heavy atom. The molecule has 0 N–H and O–H groups in total. The number of esters is 2. The van der Waals surface area contributed by atoms with E-state index in [0.29, 0.717) is 18.1 Å². The monoisotopic (exact) mass is 548 g/mol. The molecular formula is C31H39F3O5. The summed E-state index contributed by atoms with van der Waals surface area (Å²) in [5, 5.41) is 0. The lowest BCUT2D eigenvalue weighted by molar-refractivity contribution is -0.138. The van der Waals surface area contributed by atoms with Crippen molar-refractivity contribution in [1.82, 2.24) is 0 Å². The van der Waals surface area contributed by atoms with Crippen molar-refractivity contribution in [2.45, 2.75) is 83.7 Å². The summed E-state index contributed by atoms with van der Waals surface area (Å²) in [7, 11) is 0. The van der Waals surface area contributed by atoms with Gasteiger partial charge in [-0.3, -0.25) is 0 Å². The summed E-state index contributed by atoms with van der Waals surface area (Å²) in [6, 6.07) is 12.6. The second-order valence-electron chi connectivity index (χ2n) is 9.38. The first-order chi connectivity index (χ1) is 18.8. The number of halogens is 3. The van der Waals surface area contributed by atoms with Crippen molar-refractivity contribution in [2.24, 2.45) is 0 Å². The van der Waals surface area contributed by atoms with E-state index in [4.69, 9.17) is 14.2 Å². The molecule has 2 aromatic rings. The lowest BCUT2D eigenvalue weighted by atomic mass is 10.1. The molecule has 0 heterocycles. The fourth-order valence-electron chi connectivity index (χ4n) is 3.76. The highest BCUT2D eigenvalue weighted by Crippen LogP contribution is 2.22. The van der Waals surface area contributed by atoms with E-state index in [1.165, 1.54) is 75.3 Å². The molecule has 0 aliphatic carbocycles. The predicted molar refractivity (Wildman–Crippen MR) is 146 cm³/mol. The second kappa shape index (κ2) is 18.1. The Labute approximate surface area is 229 Å². The molecule has 0 amide bonds. The minimum Gasteiger partial charge on any atom is -0.494 e. The topological polar surface area (TPSA) is 61.8 Å². The molecule has 0 saturated carbocycles. The number of alkyl halides is 3. The number of unbranched alkanes of at least 4 members (excludes halogenated alkanes) is 8. The summed E-state index contributed by atoms with van der Waals surface area (Å²) in [5.74, 6) is -0.269. The number of carbonyl (C=O) groups excluding carboxylic acids is 2. The van der Waals surface area contributed by atoms with Crippen molar-refractivity contribution in [2.75, 3.05) is 13.2 Å². The largest absolute Gasteiger partial charge is 0.494 e. The Kier molecular flexibility index (Phi) is 14.8. The van der Waals surface area contributed by atoms with E-state index < -0.39 is 24.5 Å². The fraction of sp³-hybridized carbons (Fsp3) is 0.484. The van der Waals surface area contributed by atoms with Crippen LogP contribution in [-0.4, -0.2) is 31.3 Å². The van der Waals surface area contributed by atoms with Gasteiger partial charge in [-0.05, 0) is 60.9 Å². The minimum absolute atomic E-state index is 0.0683. The van der Waals surface area contributed by atoms with Crippen LogP contribution in [0.2, 0.25) is 0 Å². The van der Waals surface area contributed by atoms with E-state index >= 15 is 0 Å². The van der Waals surface area contributed by atoms with Gasteiger partial charge in [-0.1, -0.05) is 70.4 Å². The minimum atomic E-state index is -4.20. The summed E-state index contributed by atoms with van der Waals surface area (Å²) >= 11 is 0. The maximum atomic E-state index is 12.4. The van der Waals surface area contributed by atoms with Crippen LogP contribution in [0.3, 0.4) is 0 Å². The number of carbonyl (C=O) groups is 2. The molecular weight excluding hydrogens is 509 g/mol. The van der Waals surface area contributed by atoms with Crippen LogP contribution in [0.15, 0.2) is 54.6 Å². The number of hydrogen-bond donors (Lipinski definition) is 0. The lowest BCUT2D eigenvalue weighted by Gasteiger charge is -2.09. The molecule has 5 nitrogen and oxygen atoms in total. The van der Waals surface area contributed by atoms with Gasteiger partial charge in [0.05, 0.1) is 18.8 Å². The number of hydrogen-bond acceptors (Lipinski definition) is 5. The zero-order valence-electron chi connectivity index (χ0n) is 22.6. The van der Waals surface area contributed by atoms with E-state index in [1.54, 1.807) is 30.3 Å².